The summed E-state index contributed by atoms with van der Waals surface area (Å²) in [6.07, 6.45) is 4.01. The van der Waals surface area contributed by atoms with Crippen molar-refractivity contribution in [1.29, 1.82) is 0 Å². The van der Waals surface area contributed by atoms with Crippen LogP contribution >= 0.6 is 11.6 Å². The van der Waals surface area contributed by atoms with Crippen LogP contribution in [0.2, 0.25) is 5.15 Å². The molecule has 0 saturated heterocycles. The Morgan fingerprint density at radius 1 is 1.64 bits per heavy atom. The van der Waals surface area contributed by atoms with E-state index in [9.17, 15) is 5.11 Å². The van der Waals surface area contributed by atoms with Crippen molar-refractivity contribution >= 4 is 17.2 Å². The number of aromatic nitrogens is 3. The molecule has 14 heavy (non-hydrogen) atoms. The largest absolute Gasteiger partial charge is 0.385 e. The van der Waals surface area contributed by atoms with Crippen molar-refractivity contribution in [2.75, 3.05) is 6.54 Å². The van der Waals surface area contributed by atoms with Crippen molar-refractivity contribution in [3.63, 3.8) is 0 Å². The van der Waals surface area contributed by atoms with Crippen LogP contribution in [-0.4, -0.2) is 26.0 Å². The predicted octanol–water partition coefficient (Wildman–Crippen LogP) is 0.375. The lowest BCUT2D eigenvalue weighted by molar-refractivity contribution is 0.182. The normalized spacial score (nSPS) is 13.4. The molecule has 5 nitrogen and oxygen atoms in total. The summed E-state index contributed by atoms with van der Waals surface area (Å²) in [4.78, 5) is 8.02. The Kier molecular flexibility index (Phi) is 2.37. The average molecular weight is 213 g/mol. The lowest BCUT2D eigenvalue weighted by Gasteiger charge is -2.02. The first kappa shape index (κ1) is 9.39. The number of fused-ring (bicyclic) bond motifs is 1. The number of rotatable bonds is 2. The van der Waals surface area contributed by atoms with E-state index in [-0.39, 0.29) is 6.54 Å². The topological polar surface area (TPSA) is 76.4 Å². The first-order valence-electron chi connectivity index (χ1n) is 4.09. The molecule has 6 heteroatoms. The summed E-state index contributed by atoms with van der Waals surface area (Å²) in [7, 11) is 0. The number of hydrogen-bond donors (Lipinski definition) is 2. The van der Waals surface area contributed by atoms with Crippen LogP contribution in [0, 0.1) is 0 Å². The van der Waals surface area contributed by atoms with Gasteiger partial charge in [-0.2, -0.15) is 0 Å². The zero-order chi connectivity index (χ0) is 10.1. The van der Waals surface area contributed by atoms with Gasteiger partial charge in [0.2, 0.25) is 0 Å². The minimum Gasteiger partial charge on any atom is -0.385 e. The quantitative estimate of drug-likeness (QED) is 0.755. The highest BCUT2D eigenvalue weighted by molar-refractivity contribution is 6.30. The molecule has 0 aromatic carbocycles. The molecule has 2 aromatic rings. The van der Waals surface area contributed by atoms with Crippen molar-refractivity contribution in [3.05, 3.63) is 29.4 Å². The second-order valence-corrected chi connectivity index (χ2v) is 3.20. The molecule has 0 bridgehead atoms. The third-order valence-corrected chi connectivity index (χ3v) is 2.31. The molecule has 0 aliphatic carbocycles. The lowest BCUT2D eigenvalue weighted by atomic mass is 10.3. The highest BCUT2D eigenvalue weighted by Gasteiger charge is 2.16. The van der Waals surface area contributed by atoms with Crippen LogP contribution in [0.25, 0.3) is 5.65 Å². The van der Waals surface area contributed by atoms with Crippen LogP contribution < -0.4 is 5.73 Å². The smallest absolute Gasteiger partial charge is 0.156 e. The second-order valence-electron chi connectivity index (χ2n) is 2.84. The molecule has 0 aliphatic rings. The number of aliphatic hydroxyl groups excluding tert-OH is 1. The Morgan fingerprint density at radius 3 is 3.07 bits per heavy atom. The standard InChI is InChI=1S/C8H9ClN4O/c9-8-7(5(14)3-10)12-6-4-11-1-2-13(6)8/h1-2,4-5,14H,3,10H2. The number of halogens is 1. The molecule has 1 unspecified atom stereocenters. The molecule has 1 atom stereocenters. The maximum atomic E-state index is 9.51. The highest BCUT2D eigenvalue weighted by Crippen LogP contribution is 2.22. The zero-order valence-corrected chi connectivity index (χ0v) is 8.02. The van der Waals surface area contributed by atoms with Crippen LogP contribution in [0.1, 0.15) is 11.8 Å². The number of imidazole rings is 1. The Labute approximate surface area is 85.2 Å². The molecule has 0 fully saturated rings. The first-order valence-corrected chi connectivity index (χ1v) is 4.47. The van der Waals surface area contributed by atoms with Crippen LogP contribution in [0.3, 0.4) is 0 Å². The molecular formula is C8H9ClN4O. The van der Waals surface area contributed by atoms with Gasteiger partial charge in [0.1, 0.15) is 17.0 Å². The molecule has 0 spiro atoms. The summed E-state index contributed by atoms with van der Waals surface area (Å²) in [5.41, 5.74) is 6.31. The highest BCUT2D eigenvalue weighted by atomic mass is 35.5. The van der Waals surface area contributed by atoms with Crippen molar-refractivity contribution in [2.24, 2.45) is 5.73 Å². The van der Waals surface area contributed by atoms with Gasteiger partial charge in [-0.25, -0.2) is 4.98 Å². The number of aliphatic hydroxyl groups is 1. The van der Waals surface area contributed by atoms with Crippen LogP contribution in [0.5, 0.6) is 0 Å². The summed E-state index contributed by atoms with van der Waals surface area (Å²) in [6.45, 7) is 0.0943. The van der Waals surface area contributed by atoms with E-state index in [1.54, 1.807) is 23.0 Å². The lowest BCUT2D eigenvalue weighted by Crippen LogP contribution is -2.12. The van der Waals surface area contributed by atoms with Gasteiger partial charge in [0.05, 0.1) is 6.20 Å². The molecule has 0 amide bonds. The molecule has 3 N–H and O–H groups in total. The third-order valence-electron chi connectivity index (χ3n) is 1.94. The van der Waals surface area contributed by atoms with Crippen molar-refractivity contribution < 1.29 is 5.11 Å². The molecular weight excluding hydrogens is 204 g/mol. The fraction of sp³-hybridized carbons (Fsp3) is 0.250. The second kappa shape index (κ2) is 3.53. The predicted molar refractivity (Wildman–Crippen MR) is 52.0 cm³/mol. The third kappa shape index (κ3) is 1.35. The average Bonchev–Trinajstić information content (AvgIpc) is 2.56. The van der Waals surface area contributed by atoms with Gasteiger partial charge in [-0.05, 0) is 0 Å². The molecule has 0 saturated carbocycles. The zero-order valence-electron chi connectivity index (χ0n) is 7.26. The molecule has 0 radical (unpaired) electrons. The Hall–Kier alpha value is -1.17. The Bertz CT molecular complexity index is 456. The van der Waals surface area contributed by atoms with Crippen molar-refractivity contribution in [2.45, 2.75) is 6.10 Å². The summed E-state index contributed by atoms with van der Waals surface area (Å²) >= 11 is 5.99. The summed E-state index contributed by atoms with van der Waals surface area (Å²) < 4.78 is 1.64. The summed E-state index contributed by atoms with van der Waals surface area (Å²) in [5, 5.41) is 9.88. The van der Waals surface area contributed by atoms with Crippen LogP contribution in [0.4, 0.5) is 0 Å². The van der Waals surface area contributed by atoms with E-state index < -0.39 is 6.10 Å². The fourth-order valence-electron chi connectivity index (χ4n) is 1.22. The van der Waals surface area contributed by atoms with Gasteiger partial charge in [-0.15, -0.1) is 0 Å². The number of nitrogens with two attached hydrogens (primary N) is 1. The van der Waals surface area contributed by atoms with E-state index >= 15 is 0 Å². The van der Waals surface area contributed by atoms with E-state index in [2.05, 4.69) is 9.97 Å². The maximum absolute atomic E-state index is 9.51. The van der Waals surface area contributed by atoms with Gasteiger partial charge >= 0.3 is 0 Å². The number of nitrogens with zero attached hydrogens (tertiary/aromatic N) is 3. The van der Waals surface area contributed by atoms with E-state index in [1.807, 2.05) is 0 Å². The van der Waals surface area contributed by atoms with E-state index in [0.717, 1.165) is 0 Å². The monoisotopic (exact) mass is 212 g/mol. The minimum atomic E-state index is -0.831. The fourth-order valence-corrected chi connectivity index (χ4v) is 1.53. The molecule has 74 valence electrons. The maximum Gasteiger partial charge on any atom is 0.156 e. The van der Waals surface area contributed by atoms with E-state index in [4.69, 9.17) is 17.3 Å². The Balaban J connectivity index is 2.62. The van der Waals surface area contributed by atoms with Gasteiger partial charge in [0.25, 0.3) is 0 Å². The van der Waals surface area contributed by atoms with Crippen molar-refractivity contribution in [1.82, 2.24) is 14.4 Å². The van der Waals surface area contributed by atoms with Crippen LogP contribution in [0.15, 0.2) is 18.6 Å². The summed E-state index contributed by atoms with van der Waals surface area (Å²) in [6, 6.07) is 0. The molecule has 2 heterocycles. The minimum absolute atomic E-state index is 0.0943. The van der Waals surface area contributed by atoms with E-state index in [0.29, 0.717) is 16.5 Å². The first-order chi connectivity index (χ1) is 6.74. The van der Waals surface area contributed by atoms with Crippen LogP contribution in [-0.2, 0) is 0 Å². The SMILES string of the molecule is NCC(O)c1nc2cnccn2c1Cl. The van der Waals surface area contributed by atoms with Gasteiger partial charge < -0.3 is 10.8 Å². The molecule has 2 aromatic heterocycles. The summed E-state index contributed by atoms with van der Waals surface area (Å²) in [5.74, 6) is 0. The van der Waals surface area contributed by atoms with Gasteiger partial charge in [0, 0.05) is 18.9 Å². The molecule has 0 aliphatic heterocycles. The van der Waals surface area contributed by atoms with Gasteiger partial charge in [-0.1, -0.05) is 11.6 Å². The Morgan fingerprint density at radius 2 is 2.43 bits per heavy atom. The van der Waals surface area contributed by atoms with Gasteiger partial charge in [0.15, 0.2) is 5.65 Å². The molecule has 2 rings (SSSR count). The van der Waals surface area contributed by atoms with E-state index in [1.165, 1.54) is 0 Å². The van der Waals surface area contributed by atoms with Gasteiger partial charge in [-0.3, -0.25) is 9.38 Å². The van der Waals surface area contributed by atoms with Crippen molar-refractivity contribution in [3.8, 4) is 0 Å². The number of hydrogen-bond acceptors (Lipinski definition) is 4.